The smallest absolute Gasteiger partial charge is 0.243 e. The van der Waals surface area contributed by atoms with Crippen LogP contribution < -0.4 is 5.32 Å². The lowest BCUT2D eigenvalue weighted by atomic mass is 9.96. The summed E-state index contributed by atoms with van der Waals surface area (Å²) in [6.07, 6.45) is 0.459. The minimum atomic E-state index is -3.85. The van der Waals surface area contributed by atoms with Crippen LogP contribution in [-0.2, 0) is 30.8 Å². The molecule has 0 bridgehead atoms. The van der Waals surface area contributed by atoms with Gasteiger partial charge in [-0.25, -0.2) is 8.42 Å². The largest absolute Gasteiger partial charge is 0.389 e. The molecule has 0 aromatic heterocycles. The van der Waals surface area contributed by atoms with Crippen LogP contribution in [0.15, 0.2) is 59.5 Å². The van der Waals surface area contributed by atoms with Crippen LogP contribution in [0.5, 0.6) is 0 Å². The summed E-state index contributed by atoms with van der Waals surface area (Å²) >= 11 is 0. The van der Waals surface area contributed by atoms with Crippen LogP contribution in [0.25, 0.3) is 0 Å². The van der Waals surface area contributed by atoms with Crippen molar-refractivity contribution >= 4 is 15.9 Å². The number of nitrogens with one attached hydrogen (secondary N) is 1. The first-order valence-corrected chi connectivity index (χ1v) is 15.3. The highest BCUT2D eigenvalue weighted by molar-refractivity contribution is 7.89. The fourth-order valence-electron chi connectivity index (χ4n) is 5.85. The number of aliphatic hydroxyl groups is 1. The number of sulfonamides is 1. The third-order valence-corrected chi connectivity index (χ3v) is 9.77. The number of ether oxygens (including phenoxy) is 2. The third-order valence-electron chi connectivity index (χ3n) is 7.86. The number of aliphatic hydroxyl groups excluding tert-OH is 1. The first-order valence-electron chi connectivity index (χ1n) is 13.8. The number of hydrogen-bond donors (Lipinski definition) is 2. The molecular formula is C29H39N3O6S. The molecule has 0 aliphatic carbocycles. The van der Waals surface area contributed by atoms with E-state index in [9.17, 15) is 18.3 Å². The first kappa shape index (κ1) is 28.2. The zero-order chi connectivity index (χ0) is 27.4. The van der Waals surface area contributed by atoms with Crippen molar-refractivity contribution in [3.63, 3.8) is 0 Å². The van der Waals surface area contributed by atoms with Gasteiger partial charge >= 0.3 is 0 Å². The van der Waals surface area contributed by atoms with Crippen molar-refractivity contribution < 1.29 is 27.8 Å². The lowest BCUT2D eigenvalue weighted by Crippen LogP contribution is -2.57. The molecule has 10 heteroatoms. The molecule has 3 aliphatic heterocycles. The number of likely N-dealkylation sites (tertiary alicyclic amines) is 1. The van der Waals surface area contributed by atoms with Gasteiger partial charge in [0.2, 0.25) is 15.9 Å². The second kappa shape index (κ2) is 12.4. The van der Waals surface area contributed by atoms with Crippen molar-refractivity contribution in [1.82, 2.24) is 14.5 Å². The summed E-state index contributed by atoms with van der Waals surface area (Å²) in [5.74, 6) is -0.0451. The van der Waals surface area contributed by atoms with Crippen LogP contribution in [0.4, 0.5) is 0 Å². The van der Waals surface area contributed by atoms with Crippen LogP contribution >= 0.6 is 0 Å². The van der Waals surface area contributed by atoms with Crippen LogP contribution in [0.3, 0.4) is 0 Å². The standard InChI is InChI=1S/C29H39N3O6S/c1-21-7-10-26(11-8-21)39(35,36)32-18-24(33)19-37-20-28-27(32)12-9-25(38-28)15-29(34)30-23-13-14-31(17-23)16-22-5-3-2-4-6-22/h2-8,10-11,23-25,27-28,33H,9,12-20H2,1H3,(H,30,34)/t23-,24+,25+,27-,28+/m1/s1. The monoisotopic (exact) mass is 557 g/mol. The lowest BCUT2D eigenvalue weighted by Gasteiger charge is -2.43. The molecule has 212 valence electrons. The second-order valence-corrected chi connectivity index (χ2v) is 12.9. The van der Waals surface area contributed by atoms with Crippen molar-refractivity contribution in [3.05, 3.63) is 65.7 Å². The number of amides is 1. The van der Waals surface area contributed by atoms with E-state index >= 15 is 0 Å². The van der Waals surface area contributed by atoms with E-state index in [1.165, 1.54) is 9.87 Å². The van der Waals surface area contributed by atoms with Gasteiger partial charge in [0.1, 0.15) is 0 Å². The van der Waals surface area contributed by atoms with Crippen molar-refractivity contribution in [1.29, 1.82) is 0 Å². The van der Waals surface area contributed by atoms with E-state index in [1.54, 1.807) is 24.3 Å². The fraction of sp³-hybridized carbons (Fsp3) is 0.552. The van der Waals surface area contributed by atoms with E-state index in [4.69, 9.17) is 9.47 Å². The predicted molar refractivity (Wildman–Crippen MR) is 146 cm³/mol. The highest BCUT2D eigenvalue weighted by atomic mass is 32.2. The Balaban J connectivity index is 1.18. The van der Waals surface area contributed by atoms with E-state index in [0.717, 1.165) is 31.6 Å². The predicted octanol–water partition coefficient (Wildman–Crippen LogP) is 2.07. The normalized spacial score (nSPS) is 28.8. The molecule has 39 heavy (non-hydrogen) atoms. The molecule has 2 aromatic rings. The summed E-state index contributed by atoms with van der Waals surface area (Å²) in [6.45, 7) is 4.67. The van der Waals surface area contributed by atoms with Gasteiger partial charge in [0.25, 0.3) is 0 Å². The number of aryl methyl sites for hydroxylation is 1. The van der Waals surface area contributed by atoms with Crippen LogP contribution in [-0.4, -0.2) is 91.9 Å². The lowest BCUT2D eigenvalue weighted by molar-refractivity contribution is -0.146. The van der Waals surface area contributed by atoms with Gasteiger partial charge in [0, 0.05) is 32.2 Å². The number of carbonyl (C=O) groups is 1. The minimum Gasteiger partial charge on any atom is -0.389 e. The Bertz CT molecular complexity index is 1210. The Kier molecular flexibility index (Phi) is 9.00. The molecular weight excluding hydrogens is 518 g/mol. The molecule has 3 aliphatic rings. The quantitative estimate of drug-likeness (QED) is 0.537. The average molecular weight is 558 g/mol. The molecule has 3 saturated heterocycles. The zero-order valence-corrected chi connectivity index (χ0v) is 23.3. The van der Waals surface area contributed by atoms with E-state index < -0.39 is 28.3 Å². The summed E-state index contributed by atoms with van der Waals surface area (Å²) < 4.78 is 40.5. The summed E-state index contributed by atoms with van der Waals surface area (Å²) in [4.78, 5) is 15.5. The van der Waals surface area contributed by atoms with Crippen LogP contribution in [0.2, 0.25) is 0 Å². The van der Waals surface area contributed by atoms with Gasteiger partial charge < -0.3 is 19.9 Å². The van der Waals surface area contributed by atoms with Crippen LogP contribution in [0, 0.1) is 6.92 Å². The molecule has 0 radical (unpaired) electrons. The first-order chi connectivity index (χ1) is 18.8. The van der Waals surface area contributed by atoms with Crippen LogP contribution in [0.1, 0.15) is 36.8 Å². The van der Waals surface area contributed by atoms with E-state index in [0.29, 0.717) is 12.8 Å². The molecule has 2 aromatic carbocycles. The van der Waals surface area contributed by atoms with E-state index in [1.807, 2.05) is 25.1 Å². The van der Waals surface area contributed by atoms with Gasteiger partial charge in [0.15, 0.2) is 0 Å². The van der Waals surface area contributed by atoms with Gasteiger partial charge in [-0.15, -0.1) is 0 Å². The average Bonchev–Trinajstić information content (AvgIpc) is 3.33. The second-order valence-electron chi connectivity index (χ2n) is 11.0. The molecule has 9 nitrogen and oxygen atoms in total. The maximum atomic E-state index is 13.6. The summed E-state index contributed by atoms with van der Waals surface area (Å²) in [6, 6.07) is 16.7. The molecule has 0 saturated carbocycles. The van der Waals surface area contributed by atoms with Crippen molar-refractivity contribution in [2.45, 2.75) is 74.4 Å². The molecule has 5 rings (SSSR count). The summed E-state index contributed by atoms with van der Waals surface area (Å²) in [5, 5.41) is 13.6. The Morgan fingerprint density at radius 1 is 1.03 bits per heavy atom. The van der Waals surface area contributed by atoms with Gasteiger partial charge in [0.05, 0.1) is 48.9 Å². The highest BCUT2D eigenvalue weighted by Crippen LogP contribution is 2.31. The molecule has 3 fully saturated rings. The Morgan fingerprint density at radius 3 is 2.56 bits per heavy atom. The summed E-state index contributed by atoms with van der Waals surface area (Å²) in [7, 11) is -3.85. The number of hydrogen-bond acceptors (Lipinski definition) is 7. The molecule has 3 heterocycles. The maximum absolute atomic E-state index is 13.6. The fourth-order valence-corrected chi connectivity index (χ4v) is 7.56. The highest BCUT2D eigenvalue weighted by Gasteiger charge is 2.43. The van der Waals surface area contributed by atoms with Gasteiger partial charge in [-0.1, -0.05) is 48.0 Å². The number of carbonyl (C=O) groups excluding carboxylic acids is 1. The Morgan fingerprint density at radius 2 is 1.79 bits per heavy atom. The van der Waals surface area contributed by atoms with E-state index in [2.05, 4.69) is 22.3 Å². The van der Waals surface area contributed by atoms with Crippen molar-refractivity contribution in [3.8, 4) is 0 Å². The zero-order valence-electron chi connectivity index (χ0n) is 22.4. The van der Waals surface area contributed by atoms with Crippen molar-refractivity contribution in [2.75, 3.05) is 32.8 Å². The molecule has 2 N–H and O–H groups in total. The van der Waals surface area contributed by atoms with Gasteiger partial charge in [-0.05, 0) is 43.9 Å². The Labute approximate surface area is 231 Å². The number of β-amino-alcohol motifs (C(OH)–C–C–N with tert-alkyl or cyclic N) is 1. The molecule has 1 amide bonds. The van der Waals surface area contributed by atoms with Gasteiger partial charge in [-0.2, -0.15) is 4.31 Å². The van der Waals surface area contributed by atoms with E-state index in [-0.39, 0.29) is 49.1 Å². The molecule has 5 atom stereocenters. The molecule has 0 unspecified atom stereocenters. The van der Waals surface area contributed by atoms with Gasteiger partial charge in [-0.3, -0.25) is 9.69 Å². The number of nitrogens with zero attached hydrogens (tertiary/aromatic N) is 2. The number of rotatable bonds is 7. The third kappa shape index (κ3) is 7.06. The number of benzene rings is 2. The SMILES string of the molecule is Cc1ccc(S(=O)(=O)N2C[C@H](O)COC[C@@H]3O[C@H](CC(=O)N[C@@H]4CCN(Cc5ccccc5)C4)CC[C@H]32)cc1. The minimum absolute atomic E-state index is 0.0266. The maximum Gasteiger partial charge on any atom is 0.243 e. The van der Waals surface area contributed by atoms with Crippen molar-refractivity contribution in [2.24, 2.45) is 0 Å². The topological polar surface area (TPSA) is 108 Å². The summed E-state index contributed by atoms with van der Waals surface area (Å²) in [5.41, 5.74) is 2.23. The number of fused-ring (bicyclic) bond motifs is 1. The Hall–Kier alpha value is -2.34. The molecule has 0 spiro atoms.